The fourth-order valence-corrected chi connectivity index (χ4v) is 3.09. The van der Waals surface area contributed by atoms with Gasteiger partial charge in [0.2, 0.25) is 0 Å². The first-order chi connectivity index (χ1) is 12.4. The average molecular weight is 375 g/mol. The Morgan fingerprint density at radius 2 is 1.92 bits per heavy atom. The summed E-state index contributed by atoms with van der Waals surface area (Å²) >= 11 is 5.95. The zero-order valence-electron chi connectivity index (χ0n) is 15.0. The average Bonchev–Trinajstić information content (AvgIpc) is 2.62. The predicted molar refractivity (Wildman–Crippen MR) is 102 cm³/mol. The van der Waals surface area contributed by atoms with Gasteiger partial charge in [-0.05, 0) is 37.3 Å². The molecule has 0 fully saturated rings. The molecule has 6 heteroatoms. The first-order valence-electron chi connectivity index (χ1n) is 8.69. The maximum atomic E-state index is 13.6. The van der Waals surface area contributed by atoms with Crippen LogP contribution in [0.4, 0.5) is 4.39 Å². The van der Waals surface area contributed by atoms with Crippen LogP contribution in [0.2, 0.25) is 5.02 Å². The summed E-state index contributed by atoms with van der Waals surface area (Å²) in [4.78, 5) is 17.9. The summed E-state index contributed by atoms with van der Waals surface area (Å²) in [6, 6.07) is 11.5. The number of hydrogen-bond donors (Lipinski definition) is 1. The van der Waals surface area contributed by atoms with E-state index in [-0.39, 0.29) is 16.6 Å². The smallest absolute Gasteiger partial charge is 0.266 e. The van der Waals surface area contributed by atoms with Gasteiger partial charge < -0.3 is 5.32 Å². The summed E-state index contributed by atoms with van der Waals surface area (Å²) in [5, 5.41) is 2.66. The van der Waals surface area contributed by atoms with Gasteiger partial charge in [-0.15, -0.1) is 0 Å². The molecule has 0 amide bonds. The number of hydrogen-bond acceptors (Lipinski definition) is 2. The van der Waals surface area contributed by atoms with E-state index in [0.717, 1.165) is 6.54 Å². The topological polar surface area (TPSA) is 51.5 Å². The molecule has 0 saturated heterocycles. The second-order valence-corrected chi connectivity index (χ2v) is 7.29. The molecule has 0 saturated carbocycles. The summed E-state index contributed by atoms with van der Waals surface area (Å²) in [6.07, 6.45) is 0. The van der Waals surface area contributed by atoms with Crippen LogP contribution in [0.3, 0.4) is 0 Å². The standard InChI is InChI=1S/C20H21ClFN3O/c1-12(2)11-23-13(3)19-24-18-7-5-4-6-15(18)20(26)25(19)14-8-9-17(22)16(21)10-14/h4-10,12-13,23H,11H2,1-3H3/p+1/t13-/m0/s1. The van der Waals surface area contributed by atoms with Crippen molar-refractivity contribution in [3.8, 4) is 5.69 Å². The van der Waals surface area contributed by atoms with Crippen LogP contribution >= 0.6 is 11.6 Å². The first kappa shape index (κ1) is 18.5. The third-order valence-corrected chi connectivity index (χ3v) is 4.62. The number of halogens is 2. The normalized spacial score (nSPS) is 12.7. The second-order valence-electron chi connectivity index (χ2n) is 6.88. The van der Waals surface area contributed by atoms with Crippen LogP contribution in [-0.4, -0.2) is 16.1 Å². The highest BCUT2D eigenvalue weighted by Crippen LogP contribution is 2.21. The Labute approximate surface area is 156 Å². The summed E-state index contributed by atoms with van der Waals surface area (Å²) in [5.74, 6) is 0.619. The fraction of sp³-hybridized carbons (Fsp3) is 0.300. The molecule has 1 aromatic heterocycles. The molecule has 0 bridgehead atoms. The Hall–Kier alpha value is -2.24. The summed E-state index contributed by atoms with van der Waals surface area (Å²) in [7, 11) is 0. The van der Waals surface area contributed by atoms with Crippen LogP contribution in [0.15, 0.2) is 47.3 Å². The number of quaternary nitrogens is 1. The van der Waals surface area contributed by atoms with E-state index in [4.69, 9.17) is 16.6 Å². The van der Waals surface area contributed by atoms with Crippen molar-refractivity contribution in [3.63, 3.8) is 0 Å². The Morgan fingerprint density at radius 3 is 2.62 bits per heavy atom. The highest BCUT2D eigenvalue weighted by Gasteiger charge is 2.20. The lowest BCUT2D eigenvalue weighted by atomic mass is 10.1. The van der Waals surface area contributed by atoms with Crippen molar-refractivity contribution in [2.24, 2.45) is 5.92 Å². The molecule has 0 aliphatic heterocycles. The fourth-order valence-electron chi connectivity index (χ4n) is 2.91. The molecule has 2 N–H and O–H groups in total. The van der Waals surface area contributed by atoms with E-state index in [1.807, 2.05) is 19.1 Å². The molecule has 0 unspecified atom stereocenters. The lowest BCUT2D eigenvalue weighted by Crippen LogP contribution is -2.86. The SMILES string of the molecule is CC(C)C[NH2+][C@@H](C)c1nc2ccccc2c(=O)n1-c1ccc(F)c(Cl)c1. The van der Waals surface area contributed by atoms with E-state index in [2.05, 4.69) is 19.2 Å². The molecule has 4 nitrogen and oxygen atoms in total. The number of nitrogens with zero attached hydrogens (tertiary/aromatic N) is 2. The molecule has 0 aliphatic carbocycles. The third kappa shape index (κ3) is 3.64. The zero-order chi connectivity index (χ0) is 18.8. The van der Waals surface area contributed by atoms with Crippen LogP contribution < -0.4 is 10.9 Å². The van der Waals surface area contributed by atoms with Crippen molar-refractivity contribution in [2.75, 3.05) is 6.54 Å². The minimum absolute atomic E-state index is 0.0210. The van der Waals surface area contributed by atoms with Gasteiger partial charge in [0, 0.05) is 5.92 Å². The van der Waals surface area contributed by atoms with Crippen LogP contribution in [0.1, 0.15) is 32.6 Å². The van der Waals surface area contributed by atoms with Crippen molar-refractivity contribution in [3.05, 3.63) is 69.5 Å². The van der Waals surface area contributed by atoms with Crippen LogP contribution in [0, 0.1) is 11.7 Å². The Bertz CT molecular complexity index is 1000. The number of aromatic nitrogens is 2. The van der Waals surface area contributed by atoms with Crippen LogP contribution in [-0.2, 0) is 0 Å². The molecule has 3 aromatic rings. The highest BCUT2D eigenvalue weighted by atomic mass is 35.5. The predicted octanol–water partition coefficient (Wildman–Crippen LogP) is 3.46. The molecule has 26 heavy (non-hydrogen) atoms. The zero-order valence-corrected chi connectivity index (χ0v) is 15.8. The van der Waals surface area contributed by atoms with Crippen molar-refractivity contribution in [1.29, 1.82) is 0 Å². The number of benzene rings is 2. The van der Waals surface area contributed by atoms with Gasteiger partial charge in [0.05, 0.1) is 28.2 Å². The van der Waals surface area contributed by atoms with Gasteiger partial charge >= 0.3 is 0 Å². The molecule has 136 valence electrons. The number of para-hydroxylation sites is 1. The Morgan fingerprint density at radius 1 is 1.19 bits per heavy atom. The van der Waals surface area contributed by atoms with E-state index >= 15 is 0 Å². The molecule has 0 radical (unpaired) electrons. The van der Waals surface area contributed by atoms with Gasteiger partial charge in [0.1, 0.15) is 11.9 Å². The van der Waals surface area contributed by atoms with E-state index in [1.165, 1.54) is 16.7 Å². The van der Waals surface area contributed by atoms with Gasteiger partial charge in [0.15, 0.2) is 5.82 Å². The Kier molecular flexibility index (Phi) is 5.39. The lowest BCUT2D eigenvalue weighted by molar-refractivity contribution is -0.698. The van der Waals surface area contributed by atoms with E-state index < -0.39 is 5.82 Å². The number of rotatable bonds is 5. The highest BCUT2D eigenvalue weighted by molar-refractivity contribution is 6.30. The third-order valence-electron chi connectivity index (χ3n) is 4.33. The van der Waals surface area contributed by atoms with Crippen LogP contribution in [0.25, 0.3) is 16.6 Å². The van der Waals surface area contributed by atoms with Crippen molar-refractivity contribution >= 4 is 22.5 Å². The molecule has 2 aromatic carbocycles. The minimum atomic E-state index is -0.516. The molecule has 0 aliphatic rings. The van der Waals surface area contributed by atoms with Gasteiger partial charge in [0.25, 0.3) is 5.56 Å². The number of fused-ring (bicyclic) bond motifs is 1. The molecule has 1 atom stereocenters. The second kappa shape index (κ2) is 7.56. The monoisotopic (exact) mass is 374 g/mol. The van der Waals surface area contributed by atoms with Crippen LogP contribution in [0.5, 0.6) is 0 Å². The van der Waals surface area contributed by atoms with Gasteiger partial charge in [-0.1, -0.05) is 37.6 Å². The first-order valence-corrected chi connectivity index (χ1v) is 9.06. The molecular weight excluding hydrogens is 353 g/mol. The largest absolute Gasteiger partial charge is 0.338 e. The minimum Gasteiger partial charge on any atom is -0.338 e. The van der Waals surface area contributed by atoms with Crippen molar-refractivity contribution in [1.82, 2.24) is 9.55 Å². The number of nitrogens with two attached hydrogens (primary N) is 1. The molecule has 3 rings (SSSR count). The van der Waals surface area contributed by atoms with Gasteiger partial charge in [-0.2, -0.15) is 0 Å². The summed E-state index contributed by atoms with van der Waals surface area (Å²) in [6.45, 7) is 7.21. The van der Waals surface area contributed by atoms with Crippen molar-refractivity contribution in [2.45, 2.75) is 26.8 Å². The maximum absolute atomic E-state index is 13.6. The maximum Gasteiger partial charge on any atom is 0.266 e. The Balaban J connectivity index is 2.23. The summed E-state index contributed by atoms with van der Waals surface area (Å²) in [5.41, 5.74) is 0.985. The van der Waals surface area contributed by atoms with Gasteiger partial charge in [-0.25, -0.2) is 9.37 Å². The van der Waals surface area contributed by atoms with E-state index in [9.17, 15) is 9.18 Å². The quantitative estimate of drug-likeness (QED) is 0.743. The summed E-state index contributed by atoms with van der Waals surface area (Å²) < 4.78 is 15.1. The lowest BCUT2D eigenvalue weighted by Gasteiger charge is -2.18. The van der Waals surface area contributed by atoms with E-state index in [1.54, 1.807) is 18.2 Å². The molecular formula is C20H22ClFN3O+. The van der Waals surface area contributed by atoms with Gasteiger partial charge in [-0.3, -0.25) is 9.36 Å². The molecule has 1 heterocycles. The molecule has 0 spiro atoms. The van der Waals surface area contributed by atoms with E-state index in [0.29, 0.717) is 28.3 Å². The van der Waals surface area contributed by atoms with Crippen molar-refractivity contribution < 1.29 is 9.71 Å².